The fraction of sp³-hybridized carbons (Fsp3) is 0.667. The highest BCUT2D eigenvalue weighted by Gasteiger charge is 1.86. The van der Waals surface area contributed by atoms with Gasteiger partial charge in [0.15, 0.2) is 0 Å². The first-order chi connectivity index (χ1) is 3.72. The van der Waals surface area contributed by atoms with Gasteiger partial charge in [-0.15, -0.1) is 16.4 Å². The summed E-state index contributed by atoms with van der Waals surface area (Å²) < 4.78 is 0. The molecule has 0 aromatic carbocycles. The Bertz CT molecular complexity index is 106. The summed E-state index contributed by atoms with van der Waals surface area (Å²) in [5.74, 6) is 0. The molecule has 0 rings (SSSR count). The van der Waals surface area contributed by atoms with Crippen molar-refractivity contribution in [2.45, 2.75) is 13.8 Å². The molecule has 0 aromatic rings. The maximum atomic E-state index is 2.19. The quantitative estimate of drug-likeness (QED) is 0.498. The predicted octanol–water partition coefficient (Wildman–Crippen LogP) is 2.52. The molecule has 0 amide bonds. The summed E-state index contributed by atoms with van der Waals surface area (Å²) in [4.78, 5) is 0. The molecule has 2 heteroatoms. The lowest BCUT2D eigenvalue weighted by atomic mass is 10.4. The van der Waals surface area contributed by atoms with Gasteiger partial charge in [-0.25, -0.2) is 0 Å². The smallest absolute Gasteiger partial charge is 0.0210 e. The maximum absolute atomic E-state index is 2.19. The van der Waals surface area contributed by atoms with Crippen LogP contribution in [0.1, 0.15) is 13.8 Å². The van der Waals surface area contributed by atoms with Gasteiger partial charge in [-0.2, -0.15) is 0 Å². The van der Waals surface area contributed by atoms with Gasteiger partial charge in [0.1, 0.15) is 0 Å². The largest absolute Gasteiger partial charge is 0.104 e. The summed E-state index contributed by atoms with van der Waals surface area (Å²) in [5.41, 5.74) is 0. The molecule has 0 bridgehead atoms. The third-order valence-electron chi connectivity index (χ3n) is 1.19. The molecule has 0 atom stereocenters. The Morgan fingerprint density at radius 2 is 1.12 bits per heavy atom. The van der Waals surface area contributed by atoms with E-state index < -0.39 is 0 Å². The molecule has 0 saturated carbocycles. The standard InChI is InChI=1S/C6H12P2/c1-5(7-3)6(2)8-4/h1-4H3. The number of hydrogen-bond acceptors (Lipinski definition) is 0. The second kappa shape index (κ2) is 4.24. The first-order valence-corrected chi connectivity index (χ1v) is 5.27. The van der Waals surface area contributed by atoms with Gasteiger partial charge in [0.05, 0.1) is 0 Å². The van der Waals surface area contributed by atoms with Gasteiger partial charge in [0.25, 0.3) is 0 Å². The molecule has 0 aliphatic heterocycles. The van der Waals surface area contributed by atoms with Gasteiger partial charge < -0.3 is 0 Å². The Morgan fingerprint density at radius 1 is 0.875 bits per heavy atom. The zero-order valence-corrected chi connectivity index (χ0v) is 7.68. The van der Waals surface area contributed by atoms with E-state index in [2.05, 4.69) is 27.2 Å². The van der Waals surface area contributed by atoms with E-state index in [4.69, 9.17) is 0 Å². The van der Waals surface area contributed by atoms with E-state index >= 15 is 0 Å². The number of hydrogen-bond donors (Lipinski definition) is 0. The molecule has 0 aliphatic carbocycles. The lowest BCUT2D eigenvalue weighted by Gasteiger charge is -1.93. The summed E-state index contributed by atoms with van der Waals surface area (Å²) in [5, 5.41) is 3.02. The minimum Gasteiger partial charge on any atom is -0.104 e. The van der Waals surface area contributed by atoms with Crippen molar-refractivity contribution in [3.8, 4) is 0 Å². The van der Waals surface area contributed by atoms with Crippen LogP contribution in [0.5, 0.6) is 0 Å². The van der Waals surface area contributed by atoms with Crippen molar-refractivity contribution in [1.82, 2.24) is 0 Å². The molecule has 0 spiro atoms. The lowest BCUT2D eigenvalue weighted by molar-refractivity contribution is 1.98. The SMILES string of the molecule is CP=C(C)C(C)=PC. The van der Waals surface area contributed by atoms with Gasteiger partial charge in [-0.05, 0) is 37.8 Å². The first kappa shape index (κ1) is 8.34. The van der Waals surface area contributed by atoms with Gasteiger partial charge >= 0.3 is 0 Å². The fourth-order valence-electron chi connectivity index (χ4n) is 0.324. The Kier molecular flexibility index (Phi) is 4.42. The van der Waals surface area contributed by atoms with E-state index in [1.165, 1.54) is 27.0 Å². The van der Waals surface area contributed by atoms with Crippen LogP contribution in [0.25, 0.3) is 0 Å². The van der Waals surface area contributed by atoms with Crippen molar-refractivity contribution >= 4 is 27.0 Å². The molecule has 0 nitrogen and oxygen atoms in total. The highest BCUT2D eigenvalue weighted by Crippen LogP contribution is 2.00. The summed E-state index contributed by atoms with van der Waals surface area (Å²) in [7, 11) is 2.82. The average Bonchev–Trinajstić information content (AvgIpc) is 1.84. The van der Waals surface area contributed by atoms with Crippen molar-refractivity contribution in [2.75, 3.05) is 13.3 Å². The fourth-order valence-corrected chi connectivity index (χ4v) is 1.57. The van der Waals surface area contributed by atoms with Crippen LogP contribution in [0.15, 0.2) is 0 Å². The second-order valence-corrected chi connectivity index (χ2v) is 3.85. The van der Waals surface area contributed by atoms with Crippen molar-refractivity contribution in [1.29, 1.82) is 0 Å². The Hall–Kier alpha value is 0.340. The van der Waals surface area contributed by atoms with Crippen LogP contribution in [0.2, 0.25) is 0 Å². The Balaban J connectivity index is 4.04. The molecule has 0 aromatic heterocycles. The van der Waals surface area contributed by atoms with Crippen LogP contribution in [0.3, 0.4) is 0 Å². The third kappa shape index (κ3) is 2.60. The molecule has 0 fully saturated rings. The zero-order chi connectivity index (χ0) is 6.57. The first-order valence-electron chi connectivity index (χ1n) is 2.59. The van der Waals surface area contributed by atoms with Gasteiger partial charge in [0.2, 0.25) is 0 Å². The van der Waals surface area contributed by atoms with E-state index in [-0.39, 0.29) is 0 Å². The molecule has 0 heterocycles. The van der Waals surface area contributed by atoms with Crippen LogP contribution in [0.4, 0.5) is 0 Å². The Labute approximate surface area is 54.9 Å². The van der Waals surface area contributed by atoms with Crippen LogP contribution >= 0.6 is 16.4 Å². The molecule has 0 N–H and O–H groups in total. The van der Waals surface area contributed by atoms with Gasteiger partial charge in [-0.1, -0.05) is 0 Å². The summed E-state index contributed by atoms with van der Waals surface area (Å²) in [6.45, 7) is 8.72. The molecule has 0 radical (unpaired) electrons. The minimum atomic E-state index is 1.41. The monoisotopic (exact) mass is 146 g/mol. The zero-order valence-electron chi connectivity index (χ0n) is 5.89. The van der Waals surface area contributed by atoms with Crippen LogP contribution in [0, 0.1) is 0 Å². The van der Waals surface area contributed by atoms with Crippen LogP contribution in [-0.4, -0.2) is 23.9 Å². The van der Waals surface area contributed by atoms with Gasteiger partial charge in [-0.3, -0.25) is 0 Å². The van der Waals surface area contributed by atoms with E-state index in [0.29, 0.717) is 0 Å². The molecule has 0 aliphatic rings. The second-order valence-electron chi connectivity index (χ2n) is 1.62. The highest BCUT2D eigenvalue weighted by molar-refractivity contribution is 7.52. The van der Waals surface area contributed by atoms with Crippen molar-refractivity contribution in [3.63, 3.8) is 0 Å². The highest BCUT2D eigenvalue weighted by atomic mass is 31.1. The molecule has 0 saturated heterocycles. The molecule has 0 unspecified atom stereocenters. The Morgan fingerprint density at radius 3 is 1.25 bits per heavy atom. The topological polar surface area (TPSA) is 0 Å². The van der Waals surface area contributed by atoms with Crippen LogP contribution < -0.4 is 0 Å². The minimum absolute atomic E-state index is 1.41. The van der Waals surface area contributed by atoms with Crippen molar-refractivity contribution in [2.24, 2.45) is 0 Å². The van der Waals surface area contributed by atoms with E-state index in [0.717, 1.165) is 0 Å². The van der Waals surface area contributed by atoms with Crippen molar-refractivity contribution < 1.29 is 0 Å². The average molecular weight is 146 g/mol. The van der Waals surface area contributed by atoms with E-state index in [1.54, 1.807) is 0 Å². The van der Waals surface area contributed by atoms with Gasteiger partial charge in [0, 0.05) is 0 Å². The number of rotatable bonds is 1. The van der Waals surface area contributed by atoms with E-state index in [1.807, 2.05) is 0 Å². The normalized spacial score (nSPS) is 14.5. The predicted molar refractivity (Wildman–Crippen MR) is 47.1 cm³/mol. The maximum Gasteiger partial charge on any atom is -0.0210 e. The van der Waals surface area contributed by atoms with Crippen LogP contribution in [-0.2, 0) is 0 Å². The molecular weight excluding hydrogens is 134 g/mol. The van der Waals surface area contributed by atoms with Crippen molar-refractivity contribution in [3.05, 3.63) is 0 Å². The summed E-state index contributed by atoms with van der Waals surface area (Å²) in [6.07, 6.45) is 0. The molecule has 46 valence electrons. The molecular formula is C6H12P2. The van der Waals surface area contributed by atoms with E-state index in [9.17, 15) is 0 Å². The summed E-state index contributed by atoms with van der Waals surface area (Å²) >= 11 is 0. The lowest BCUT2D eigenvalue weighted by Crippen LogP contribution is -1.97. The molecule has 8 heavy (non-hydrogen) atoms. The summed E-state index contributed by atoms with van der Waals surface area (Å²) in [6, 6.07) is 0. The third-order valence-corrected chi connectivity index (χ3v) is 3.38.